The van der Waals surface area contributed by atoms with Crippen molar-refractivity contribution in [3.8, 4) is 0 Å². The Morgan fingerprint density at radius 2 is 1.55 bits per heavy atom. The molecule has 0 saturated heterocycles. The maximum absolute atomic E-state index is 12.7. The number of carbonyl (C=O) groups is 2. The molecule has 0 aromatic heterocycles. The van der Waals surface area contributed by atoms with Crippen molar-refractivity contribution in [3.05, 3.63) is 95.6 Å². The van der Waals surface area contributed by atoms with Crippen LogP contribution in [0.3, 0.4) is 0 Å². The summed E-state index contributed by atoms with van der Waals surface area (Å²) in [4.78, 5) is 24.9. The van der Waals surface area contributed by atoms with Crippen LogP contribution >= 0.6 is 0 Å². The van der Waals surface area contributed by atoms with Gasteiger partial charge in [-0.05, 0) is 29.5 Å². The van der Waals surface area contributed by atoms with E-state index in [2.05, 4.69) is 17.5 Å². The van der Waals surface area contributed by atoms with E-state index in [1.807, 2.05) is 66.7 Å². The number of benzene rings is 2. The molecule has 2 aromatic rings. The average molecular weight is 391 g/mol. The van der Waals surface area contributed by atoms with E-state index >= 15 is 0 Å². The van der Waals surface area contributed by atoms with Gasteiger partial charge in [0, 0.05) is 6.42 Å². The Balaban J connectivity index is 1.58. The Hall–Kier alpha value is -3.34. The molecule has 0 spiro atoms. The number of rotatable bonds is 8. The van der Waals surface area contributed by atoms with E-state index in [4.69, 9.17) is 9.47 Å². The molecule has 1 aliphatic carbocycles. The lowest BCUT2D eigenvalue weighted by molar-refractivity contribution is -0.145. The minimum Gasteiger partial charge on any atom is -0.459 e. The van der Waals surface area contributed by atoms with Crippen molar-refractivity contribution in [2.24, 2.45) is 0 Å². The second-order valence-corrected chi connectivity index (χ2v) is 6.81. The topological polar surface area (TPSA) is 64.6 Å². The van der Waals surface area contributed by atoms with Gasteiger partial charge in [0.15, 0.2) is 0 Å². The summed E-state index contributed by atoms with van der Waals surface area (Å²) < 4.78 is 10.7. The molecule has 29 heavy (non-hydrogen) atoms. The normalized spacial score (nSPS) is 13.9. The number of nitrogens with one attached hydrogen (secondary N) is 1. The number of ether oxygens (including phenoxy) is 2. The highest BCUT2D eigenvalue weighted by Gasteiger charge is 2.24. The maximum atomic E-state index is 12.7. The van der Waals surface area contributed by atoms with Crippen LogP contribution in [-0.2, 0) is 27.3 Å². The number of hydrogen-bond acceptors (Lipinski definition) is 4. The third-order valence-electron chi connectivity index (χ3n) is 4.52. The summed E-state index contributed by atoms with van der Waals surface area (Å²) in [6.07, 6.45) is 7.71. The number of hydrogen-bond donors (Lipinski definition) is 1. The fourth-order valence-electron chi connectivity index (χ4n) is 2.98. The molecule has 1 amide bonds. The van der Waals surface area contributed by atoms with Crippen LogP contribution in [0.1, 0.15) is 24.0 Å². The number of carbonyl (C=O) groups excluding carboxylic acids is 2. The smallest absolute Gasteiger partial charge is 0.408 e. The van der Waals surface area contributed by atoms with Crippen LogP contribution in [0.4, 0.5) is 4.79 Å². The Morgan fingerprint density at radius 1 is 0.862 bits per heavy atom. The Bertz CT molecular complexity index is 859. The molecule has 0 bridgehead atoms. The van der Waals surface area contributed by atoms with Crippen molar-refractivity contribution >= 4 is 12.1 Å². The second-order valence-electron chi connectivity index (χ2n) is 6.81. The van der Waals surface area contributed by atoms with Gasteiger partial charge in [-0.25, -0.2) is 9.59 Å². The lowest BCUT2D eigenvalue weighted by atomic mass is 10.1. The standard InChI is InChI=1S/C24H25NO4/c26-23(28-17-20-12-6-2-7-13-20)22(16-19-10-4-1-5-11-19)25-24(27)29-18-21-14-8-3-9-15-21/h1,3-6,8-15,22H,2,7,16-18H2,(H,25,27). The molecule has 0 fully saturated rings. The van der Waals surface area contributed by atoms with Crippen LogP contribution in [0.15, 0.2) is 84.5 Å². The van der Waals surface area contributed by atoms with E-state index in [1.165, 1.54) is 0 Å². The SMILES string of the molecule is O=C(NC(Cc1ccccc1)C(=O)OCC1=CCCC=C1)OCc1ccccc1. The number of alkyl carbamates (subject to hydrolysis) is 1. The lowest BCUT2D eigenvalue weighted by Crippen LogP contribution is -2.43. The van der Waals surface area contributed by atoms with Crippen LogP contribution < -0.4 is 5.32 Å². The molecular weight excluding hydrogens is 366 g/mol. The third kappa shape index (κ3) is 6.96. The molecule has 5 nitrogen and oxygen atoms in total. The molecule has 0 aliphatic heterocycles. The fraction of sp³-hybridized carbons (Fsp3) is 0.250. The van der Waals surface area contributed by atoms with Crippen LogP contribution in [-0.4, -0.2) is 24.7 Å². The summed E-state index contributed by atoms with van der Waals surface area (Å²) in [6.45, 7) is 0.332. The zero-order valence-corrected chi connectivity index (χ0v) is 16.3. The van der Waals surface area contributed by atoms with Crippen LogP contribution in [0.2, 0.25) is 0 Å². The summed E-state index contributed by atoms with van der Waals surface area (Å²) in [5, 5.41) is 2.65. The Labute approximate surface area is 171 Å². The molecule has 1 unspecified atom stereocenters. The molecule has 150 valence electrons. The zero-order valence-electron chi connectivity index (χ0n) is 16.3. The van der Waals surface area contributed by atoms with Gasteiger partial charge < -0.3 is 14.8 Å². The van der Waals surface area contributed by atoms with Crippen LogP contribution in [0.5, 0.6) is 0 Å². The van der Waals surface area contributed by atoms with Gasteiger partial charge in [0.2, 0.25) is 0 Å². The molecule has 1 aliphatic rings. The summed E-state index contributed by atoms with van der Waals surface area (Å²) >= 11 is 0. The van der Waals surface area contributed by atoms with Crippen molar-refractivity contribution < 1.29 is 19.1 Å². The van der Waals surface area contributed by atoms with Gasteiger partial charge in [-0.2, -0.15) is 0 Å². The monoisotopic (exact) mass is 391 g/mol. The van der Waals surface area contributed by atoms with E-state index in [9.17, 15) is 9.59 Å². The first kappa shape index (κ1) is 20.4. The first-order chi connectivity index (χ1) is 14.2. The van der Waals surface area contributed by atoms with Gasteiger partial charge in [0.25, 0.3) is 0 Å². The number of allylic oxidation sites excluding steroid dienone is 2. The van der Waals surface area contributed by atoms with E-state index in [-0.39, 0.29) is 13.2 Å². The Morgan fingerprint density at radius 3 is 2.21 bits per heavy atom. The molecule has 1 N–H and O–H groups in total. The summed E-state index contributed by atoms with van der Waals surface area (Å²) in [6, 6.07) is 18.1. The highest BCUT2D eigenvalue weighted by molar-refractivity contribution is 5.81. The Kier molecular flexibility index (Phi) is 7.63. The van der Waals surface area contributed by atoms with Crippen molar-refractivity contribution in [1.29, 1.82) is 0 Å². The third-order valence-corrected chi connectivity index (χ3v) is 4.52. The minimum atomic E-state index is -0.825. The number of amides is 1. The van der Waals surface area contributed by atoms with Gasteiger partial charge in [0.1, 0.15) is 19.3 Å². The molecule has 1 atom stereocenters. The average Bonchev–Trinajstić information content (AvgIpc) is 2.78. The second kappa shape index (κ2) is 10.9. The predicted molar refractivity (Wildman–Crippen MR) is 111 cm³/mol. The molecule has 5 heteroatoms. The molecule has 0 saturated carbocycles. The van der Waals surface area contributed by atoms with Gasteiger partial charge >= 0.3 is 12.1 Å². The van der Waals surface area contributed by atoms with Crippen LogP contribution in [0.25, 0.3) is 0 Å². The zero-order chi connectivity index (χ0) is 20.3. The van der Waals surface area contributed by atoms with E-state index in [1.54, 1.807) is 0 Å². The van der Waals surface area contributed by atoms with E-state index < -0.39 is 18.1 Å². The largest absolute Gasteiger partial charge is 0.459 e. The van der Waals surface area contributed by atoms with Crippen LogP contribution in [0, 0.1) is 0 Å². The molecule has 3 rings (SSSR count). The van der Waals surface area contributed by atoms with E-state index in [0.717, 1.165) is 29.5 Å². The van der Waals surface area contributed by atoms with Crippen molar-refractivity contribution in [3.63, 3.8) is 0 Å². The maximum Gasteiger partial charge on any atom is 0.408 e. The predicted octanol–water partition coefficient (Wildman–Crippen LogP) is 4.34. The molecule has 2 aromatic carbocycles. The lowest BCUT2D eigenvalue weighted by Gasteiger charge is -2.18. The van der Waals surface area contributed by atoms with Crippen molar-refractivity contribution in [2.75, 3.05) is 6.61 Å². The minimum absolute atomic E-state index is 0.136. The molecule has 0 radical (unpaired) electrons. The van der Waals surface area contributed by atoms with Gasteiger partial charge in [-0.15, -0.1) is 0 Å². The first-order valence-corrected chi connectivity index (χ1v) is 9.74. The van der Waals surface area contributed by atoms with Crippen molar-refractivity contribution in [2.45, 2.75) is 31.9 Å². The van der Waals surface area contributed by atoms with Gasteiger partial charge in [-0.1, -0.05) is 78.9 Å². The first-order valence-electron chi connectivity index (χ1n) is 9.74. The molecular formula is C24H25NO4. The van der Waals surface area contributed by atoms with Crippen molar-refractivity contribution in [1.82, 2.24) is 5.32 Å². The quantitative estimate of drug-likeness (QED) is 0.680. The van der Waals surface area contributed by atoms with Gasteiger partial charge in [-0.3, -0.25) is 0 Å². The summed E-state index contributed by atoms with van der Waals surface area (Å²) in [7, 11) is 0. The number of esters is 1. The highest BCUT2D eigenvalue weighted by atomic mass is 16.6. The molecule has 0 heterocycles. The fourth-order valence-corrected chi connectivity index (χ4v) is 2.98. The van der Waals surface area contributed by atoms with E-state index in [0.29, 0.717) is 6.42 Å². The van der Waals surface area contributed by atoms with Gasteiger partial charge in [0.05, 0.1) is 0 Å². The summed E-state index contributed by atoms with van der Waals surface area (Å²) in [5.74, 6) is -0.481. The highest BCUT2D eigenvalue weighted by Crippen LogP contribution is 2.11. The summed E-state index contributed by atoms with van der Waals surface area (Å²) in [5.41, 5.74) is 2.77.